The highest BCUT2D eigenvalue weighted by atomic mass is 19.1. The minimum atomic E-state index is -0.121. The maximum atomic E-state index is 14.1. The molecule has 4 rings (SSSR count). The number of ether oxygens (including phenoxy) is 2. The zero-order chi connectivity index (χ0) is 20.9. The summed E-state index contributed by atoms with van der Waals surface area (Å²) >= 11 is 0. The maximum absolute atomic E-state index is 14.1. The van der Waals surface area contributed by atoms with E-state index < -0.39 is 0 Å². The molecule has 2 saturated heterocycles. The molecule has 0 aromatic heterocycles. The van der Waals surface area contributed by atoms with E-state index >= 15 is 0 Å². The number of halogens is 1. The third-order valence-corrected chi connectivity index (χ3v) is 6.36. The number of hydrogen-bond donors (Lipinski definition) is 0. The predicted molar refractivity (Wildman–Crippen MR) is 118 cm³/mol. The van der Waals surface area contributed by atoms with Crippen LogP contribution in [0.1, 0.15) is 18.4 Å². The lowest BCUT2D eigenvalue weighted by molar-refractivity contribution is 0.0886. The number of benzene rings is 2. The first-order valence-corrected chi connectivity index (χ1v) is 10.8. The molecule has 2 heterocycles. The lowest BCUT2D eigenvalue weighted by Gasteiger charge is -2.44. The molecule has 6 heteroatoms. The van der Waals surface area contributed by atoms with E-state index in [1.54, 1.807) is 26.4 Å². The van der Waals surface area contributed by atoms with Crippen molar-refractivity contribution in [2.75, 3.05) is 58.4 Å². The summed E-state index contributed by atoms with van der Waals surface area (Å²) in [6, 6.07) is 13.9. The molecule has 2 aromatic carbocycles. The third-order valence-electron chi connectivity index (χ3n) is 6.36. The Kier molecular flexibility index (Phi) is 6.75. The number of likely N-dealkylation sites (tertiary alicyclic amines) is 1. The minimum Gasteiger partial charge on any atom is -0.493 e. The first-order chi connectivity index (χ1) is 14.7. The summed E-state index contributed by atoms with van der Waals surface area (Å²) in [6.45, 7) is 6.87. The molecule has 2 fully saturated rings. The van der Waals surface area contributed by atoms with Crippen LogP contribution in [0.25, 0.3) is 0 Å². The highest BCUT2D eigenvalue weighted by Crippen LogP contribution is 2.29. The van der Waals surface area contributed by atoms with Crippen LogP contribution in [0.4, 0.5) is 10.1 Å². The third kappa shape index (κ3) is 4.71. The average molecular weight is 414 g/mol. The molecular formula is C24H32FN3O2. The molecule has 0 radical (unpaired) electrons. The number of piperidine rings is 1. The lowest BCUT2D eigenvalue weighted by Crippen LogP contribution is -2.55. The van der Waals surface area contributed by atoms with Crippen LogP contribution in [-0.4, -0.2) is 69.3 Å². The number of anilines is 1. The van der Waals surface area contributed by atoms with Crippen LogP contribution in [-0.2, 0) is 6.54 Å². The zero-order valence-corrected chi connectivity index (χ0v) is 18.0. The number of hydrogen-bond acceptors (Lipinski definition) is 5. The van der Waals surface area contributed by atoms with E-state index in [1.165, 1.54) is 18.4 Å². The molecule has 1 atom stereocenters. The van der Waals surface area contributed by atoms with Crippen molar-refractivity contribution in [1.29, 1.82) is 0 Å². The Bertz CT molecular complexity index is 839. The molecule has 2 aromatic rings. The van der Waals surface area contributed by atoms with E-state index in [0.29, 0.717) is 6.04 Å². The summed E-state index contributed by atoms with van der Waals surface area (Å²) < 4.78 is 24.9. The quantitative estimate of drug-likeness (QED) is 0.721. The Morgan fingerprint density at radius 2 is 1.70 bits per heavy atom. The second-order valence-electron chi connectivity index (χ2n) is 8.19. The van der Waals surface area contributed by atoms with Gasteiger partial charge in [0.05, 0.1) is 19.9 Å². The van der Waals surface area contributed by atoms with E-state index in [4.69, 9.17) is 9.47 Å². The Morgan fingerprint density at radius 3 is 2.43 bits per heavy atom. The van der Waals surface area contributed by atoms with E-state index in [9.17, 15) is 4.39 Å². The largest absolute Gasteiger partial charge is 0.493 e. The summed E-state index contributed by atoms with van der Waals surface area (Å²) in [5.74, 6) is 1.43. The van der Waals surface area contributed by atoms with Gasteiger partial charge in [-0.1, -0.05) is 18.2 Å². The van der Waals surface area contributed by atoms with Crippen molar-refractivity contribution in [2.45, 2.75) is 25.4 Å². The van der Waals surface area contributed by atoms with Crippen molar-refractivity contribution in [3.05, 3.63) is 53.8 Å². The molecule has 30 heavy (non-hydrogen) atoms. The minimum absolute atomic E-state index is 0.121. The van der Waals surface area contributed by atoms with Gasteiger partial charge in [0.25, 0.3) is 0 Å². The van der Waals surface area contributed by atoms with Crippen molar-refractivity contribution in [1.82, 2.24) is 9.80 Å². The summed E-state index contributed by atoms with van der Waals surface area (Å²) in [4.78, 5) is 7.31. The van der Waals surface area contributed by atoms with Gasteiger partial charge < -0.3 is 14.4 Å². The van der Waals surface area contributed by atoms with Crippen molar-refractivity contribution in [3.63, 3.8) is 0 Å². The van der Waals surface area contributed by atoms with E-state index in [1.807, 2.05) is 18.2 Å². The monoisotopic (exact) mass is 413 g/mol. The van der Waals surface area contributed by atoms with Crippen LogP contribution in [0.15, 0.2) is 42.5 Å². The van der Waals surface area contributed by atoms with Crippen LogP contribution in [0.5, 0.6) is 11.5 Å². The summed E-state index contributed by atoms with van der Waals surface area (Å²) in [5, 5.41) is 0. The van der Waals surface area contributed by atoms with Crippen molar-refractivity contribution < 1.29 is 13.9 Å². The molecule has 0 bridgehead atoms. The topological polar surface area (TPSA) is 28.2 Å². The van der Waals surface area contributed by atoms with Gasteiger partial charge in [0.2, 0.25) is 0 Å². The Morgan fingerprint density at radius 1 is 0.933 bits per heavy atom. The van der Waals surface area contributed by atoms with Gasteiger partial charge in [-0.2, -0.15) is 0 Å². The summed E-state index contributed by atoms with van der Waals surface area (Å²) in [5.41, 5.74) is 1.98. The van der Waals surface area contributed by atoms with Crippen molar-refractivity contribution in [2.24, 2.45) is 0 Å². The molecule has 0 N–H and O–H groups in total. The van der Waals surface area contributed by atoms with Crippen LogP contribution in [0.2, 0.25) is 0 Å². The molecule has 5 nitrogen and oxygen atoms in total. The molecule has 0 unspecified atom stereocenters. The SMILES string of the molecule is COc1ccc(CN2CCC[C@@H](N3CCN(c4ccccc4F)CC3)C2)cc1OC. The van der Waals surface area contributed by atoms with Crippen LogP contribution < -0.4 is 14.4 Å². The molecule has 162 valence electrons. The van der Waals surface area contributed by atoms with Crippen LogP contribution in [0.3, 0.4) is 0 Å². The molecule has 0 spiro atoms. The van der Waals surface area contributed by atoms with Crippen LogP contribution >= 0.6 is 0 Å². The van der Waals surface area contributed by atoms with E-state index in [2.05, 4.69) is 26.8 Å². The lowest BCUT2D eigenvalue weighted by atomic mass is 10.0. The standard InChI is InChI=1S/C24H32FN3O2/c1-29-23-10-9-19(16-24(23)30-2)17-26-11-5-6-20(18-26)27-12-14-28(15-13-27)22-8-4-3-7-21(22)25/h3-4,7-10,16,20H,5-6,11-15,17-18H2,1-2H3/t20-/m1/s1. The molecule has 0 saturated carbocycles. The van der Waals surface area contributed by atoms with Gasteiger partial charge >= 0.3 is 0 Å². The first kappa shape index (κ1) is 20.9. The number of nitrogens with zero attached hydrogens (tertiary/aromatic N) is 3. The Labute approximate surface area is 179 Å². The molecule has 0 amide bonds. The van der Waals surface area contributed by atoms with Gasteiger partial charge in [0.1, 0.15) is 5.82 Å². The number of para-hydroxylation sites is 1. The highest BCUT2D eigenvalue weighted by Gasteiger charge is 2.28. The van der Waals surface area contributed by atoms with Crippen LogP contribution in [0, 0.1) is 5.82 Å². The molecule has 0 aliphatic carbocycles. The smallest absolute Gasteiger partial charge is 0.161 e. The summed E-state index contributed by atoms with van der Waals surface area (Å²) in [7, 11) is 3.35. The zero-order valence-electron chi connectivity index (χ0n) is 18.0. The second kappa shape index (κ2) is 9.67. The average Bonchev–Trinajstić information content (AvgIpc) is 2.79. The fourth-order valence-corrected chi connectivity index (χ4v) is 4.75. The first-order valence-electron chi connectivity index (χ1n) is 10.8. The molecule has 2 aliphatic rings. The van der Waals surface area contributed by atoms with Gasteiger partial charge in [-0.3, -0.25) is 9.80 Å². The van der Waals surface area contributed by atoms with Gasteiger partial charge in [-0.05, 0) is 49.2 Å². The second-order valence-corrected chi connectivity index (χ2v) is 8.19. The van der Waals surface area contributed by atoms with Gasteiger partial charge in [-0.15, -0.1) is 0 Å². The van der Waals surface area contributed by atoms with Gasteiger partial charge in [-0.25, -0.2) is 4.39 Å². The van der Waals surface area contributed by atoms with Crippen molar-refractivity contribution >= 4 is 5.69 Å². The van der Waals surface area contributed by atoms with Gasteiger partial charge in [0.15, 0.2) is 11.5 Å². The number of piperazine rings is 1. The predicted octanol–water partition coefficient (Wildman–Crippen LogP) is 3.63. The van der Waals surface area contributed by atoms with E-state index in [0.717, 1.165) is 63.0 Å². The van der Waals surface area contributed by atoms with Gasteiger partial charge in [0, 0.05) is 45.3 Å². The van der Waals surface area contributed by atoms with E-state index in [-0.39, 0.29) is 5.82 Å². The normalized spacial score (nSPS) is 20.9. The Hall–Kier alpha value is -2.31. The fraction of sp³-hybridized carbons (Fsp3) is 0.500. The maximum Gasteiger partial charge on any atom is 0.161 e. The Balaban J connectivity index is 1.33. The summed E-state index contributed by atoms with van der Waals surface area (Å²) in [6.07, 6.45) is 2.45. The highest BCUT2D eigenvalue weighted by molar-refractivity contribution is 5.48. The number of methoxy groups -OCH3 is 2. The fourth-order valence-electron chi connectivity index (χ4n) is 4.75. The number of rotatable bonds is 6. The van der Waals surface area contributed by atoms with Crippen molar-refractivity contribution in [3.8, 4) is 11.5 Å². The molecular weight excluding hydrogens is 381 g/mol. The molecule has 2 aliphatic heterocycles.